The van der Waals surface area contributed by atoms with Gasteiger partial charge in [-0.05, 0) is 32.0 Å². The maximum absolute atomic E-state index is 12.5. The Morgan fingerprint density at radius 2 is 2.00 bits per heavy atom. The zero-order valence-corrected chi connectivity index (χ0v) is 13.1. The van der Waals surface area contributed by atoms with Crippen LogP contribution in [-0.4, -0.2) is 38.1 Å². The first-order valence-corrected chi connectivity index (χ1v) is 8.34. The van der Waals surface area contributed by atoms with Gasteiger partial charge in [-0.1, -0.05) is 0 Å². The van der Waals surface area contributed by atoms with Gasteiger partial charge in [-0.25, -0.2) is 8.42 Å². The standard InChI is InChI=1S/C14H19N3O3S/c1-10(2)17(6-4-5-15)14(18)11-7-12(16)9-13(8-11)21(3,19)20/h7-10H,4,6,16H2,1-3H3. The highest BCUT2D eigenvalue weighted by Gasteiger charge is 2.20. The predicted molar refractivity (Wildman–Crippen MR) is 80.4 cm³/mol. The summed E-state index contributed by atoms with van der Waals surface area (Å²) in [6, 6.07) is 5.97. The summed E-state index contributed by atoms with van der Waals surface area (Å²) in [6.07, 6.45) is 1.27. The summed E-state index contributed by atoms with van der Waals surface area (Å²) in [5.74, 6) is -0.336. The number of nitrogens with zero attached hydrogens (tertiary/aromatic N) is 2. The Morgan fingerprint density at radius 1 is 1.38 bits per heavy atom. The molecule has 0 spiro atoms. The third-order valence-corrected chi connectivity index (χ3v) is 4.04. The van der Waals surface area contributed by atoms with Gasteiger partial charge in [0.15, 0.2) is 9.84 Å². The second kappa shape index (κ2) is 6.59. The second-order valence-electron chi connectivity index (χ2n) is 5.06. The molecule has 2 N–H and O–H groups in total. The minimum atomic E-state index is -3.45. The van der Waals surface area contributed by atoms with Gasteiger partial charge in [0.2, 0.25) is 0 Å². The fourth-order valence-electron chi connectivity index (χ4n) is 1.89. The highest BCUT2D eigenvalue weighted by Crippen LogP contribution is 2.19. The molecule has 114 valence electrons. The Hall–Kier alpha value is -2.07. The van der Waals surface area contributed by atoms with Gasteiger partial charge in [0.25, 0.3) is 5.91 Å². The first-order valence-electron chi connectivity index (χ1n) is 6.45. The molecule has 1 aromatic carbocycles. The molecule has 0 aliphatic heterocycles. The van der Waals surface area contributed by atoms with Gasteiger partial charge in [-0.3, -0.25) is 4.79 Å². The molecule has 0 atom stereocenters. The van der Waals surface area contributed by atoms with Gasteiger partial charge >= 0.3 is 0 Å². The lowest BCUT2D eigenvalue weighted by molar-refractivity contribution is 0.0710. The number of nitriles is 1. The normalized spacial score (nSPS) is 11.2. The van der Waals surface area contributed by atoms with Crippen molar-refractivity contribution in [3.63, 3.8) is 0 Å². The molecule has 0 unspecified atom stereocenters. The number of carbonyl (C=O) groups is 1. The third kappa shape index (κ3) is 4.46. The second-order valence-corrected chi connectivity index (χ2v) is 7.08. The summed E-state index contributed by atoms with van der Waals surface area (Å²) in [5.41, 5.74) is 6.11. The van der Waals surface area contributed by atoms with Crippen LogP contribution >= 0.6 is 0 Å². The number of carbonyl (C=O) groups excluding carboxylic acids is 1. The van der Waals surface area contributed by atoms with Crippen molar-refractivity contribution in [1.29, 1.82) is 5.26 Å². The Labute approximate surface area is 125 Å². The minimum absolute atomic E-state index is 0.00911. The zero-order chi connectivity index (χ0) is 16.2. The quantitative estimate of drug-likeness (QED) is 0.829. The SMILES string of the molecule is CC(C)N(CCC#N)C(=O)c1cc(N)cc(S(C)(=O)=O)c1. The molecule has 0 aliphatic rings. The van der Waals surface area contributed by atoms with Crippen LogP contribution in [-0.2, 0) is 9.84 Å². The first-order chi connectivity index (χ1) is 9.66. The maximum atomic E-state index is 12.5. The molecule has 1 rings (SSSR count). The zero-order valence-electron chi connectivity index (χ0n) is 12.3. The average molecular weight is 309 g/mol. The van der Waals surface area contributed by atoms with Gasteiger partial charge in [0, 0.05) is 30.1 Å². The molecule has 0 bridgehead atoms. The molecule has 0 fully saturated rings. The van der Waals surface area contributed by atoms with E-state index in [9.17, 15) is 13.2 Å². The summed E-state index contributed by atoms with van der Waals surface area (Å²) < 4.78 is 23.2. The van der Waals surface area contributed by atoms with E-state index in [1.165, 1.54) is 23.1 Å². The summed E-state index contributed by atoms with van der Waals surface area (Å²) in [7, 11) is -3.45. The van der Waals surface area contributed by atoms with Crippen LogP contribution in [0.4, 0.5) is 5.69 Å². The van der Waals surface area contributed by atoms with E-state index in [0.717, 1.165) is 6.26 Å². The number of benzene rings is 1. The molecular formula is C14H19N3O3S. The van der Waals surface area contributed by atoms with Crippen LogP contribution in [0.25, 0.3) is 0 Å². The number of anilines is 1. The van der Waals surface area contributed by atoms with E-state index < -0.39 is 9.84 Å². The van der Waals surface area contributed by atoms with Crippen molar-refractivity contribution in [2.75, 3.05) is 18.5 Å². The monoisotopic (exact) mass is 309 g/mol. The van der Waals surface area contributed by atoms with Crippen LogP contribution in [0.5, 0.6) is 0 Å². The molecule has 7 heteroatoms. The number of hydrogen-bond acceptors (Lipinski definition) is 5. The van der Waals surface area contributed by atoms with Crippen molar-refractivity contribution >= 4 is 21.4 Å². The van der Waals surface area contributed by atoms with Crippen LogP contribution in [0.15, 0.2) is 23.1 Å². The number of hydrogen-bond donors (Lipinski definition) is 1. The third-order valence-electron chi connectivity index (χ3n) is 2.95. The van der Waals surface area contributed by atoms with Crippen LogP contribution in [0.1, 0.15) is 30.6 Å². The van der Waals surface area contributed by atoms with Crippen molar-refractivity contribution in [3.05, 3.63) is 23.8 Å². The summed E-state index contributed by atoms with van der Waals surface area (Å²) >= 11 is 0. The summed E-state index contributed by atoms with van der Waals surface area (Å²) in [4.78, 5) is 14.0. The maximum Gasteiger partial charge on any atom is 0.254 e. The Kier molecular flexibility index (Phi) is 5.33. The topological polar surface area (TPSA) is 104 Å². The Morgan fingerprint density at radius 3 is 2.48 bits per heavy atom. The minimum Gasteiger partial charge on any atom is -0.399 e. The number of sulfone groups is 1. The van der Waals surface area contributed by atoms with E-state index in [-0.39, 0.29) is 41.1 Å². The lowest BCUT2D eigenvalue weighted by Crippen LogP contribution is -2.37. The van der Waals surface area contributed by atoms with E-state index in [4.69, 9.17) is 11.0 Å². The van der Waals surface area contributed by atoms with Crippen LogP contribution in [0, 0.1) is 11.3 Å². The fourth-order valence-corrected chi connectivity index (χ4v) is 2.58. The average Bonchev–Trinajstić information content (AvgIpc) is 2.36. The van der Waals surface area contributed by atoms with Gasteiger partial charge in [-0.15, -0.1) is 0 Å². The molecule has 0 saturated carbocycles. The van der Waals surface area contributed by atoms with E-state index in [1.807, 2.05) is 19.9 Å². The van der Waals surface area contributed by atoms with E-state index >= 15 is 0 Å². The van der Waals surface area contributed by atoms with E-state index in [2.05, 4.69) is 0 Å². The fraction of sp³-hybridized carbons (Fsp3) is 0.429. The molecule has 21 heavy (non-hydrogen) atoms. The van der Waals surface area contributed by atoms with Crippen molar-refractivity contribution in [1.82, 2.24) is 4.90 Å². The van der Waals surface area contributed by atoms with Crippen molar-refractivity contribution in [2.24, 2.45) is 0 Å². The lowest BCUT2D eigenvalue weighted by Gasteiger charge is -2.26. The molecule has 0 heterocycles. The van der Waals surface area contributed by atoms with Crippen LogP contribution in [0.3, 0.4) is 0 Å². The molecule has 0 radical (unpaired) electrons. The van der Waals surface area contributed by atoms with E-state index in [1.54, 1.807) is 0 Å². The Bertz CT molecular complexity index is 675. The van der Waals surface area contributed by atoms with Crippen molar-refractivity contribution < 1.29 is 13.2 Å². The molecule has 1 aromatic rings. The Balaban J connectivity index is 3.23. The van der Waals surface area contributed by atoms with Gasteiger partial charge in [-0.2, -0.15) is 5.26 Å². The highest BCUT2D eigenvalue weighted by molar-refractivity contribution is 7.90. The highest BCUT2D eigenvalue weighted by atomic mass is 32.2. The predicted octanol–water partition coefficient (Wildman–Crippen LogP) is 1.44. The largest absolute Gasteiger partial charge is 0.399 e. The number of nitrogens with two attached hydrogens (primary N) is 1. The first kappa shape index (κ1) is 17.0. The summed E-state index contributed by atoms with van der Waals surface area (Å²) in [5, 5.41) is 8.66. The van der Waals surface area contributed by atoms with Gasteiger partial charge in [0.05, 0.1) is 17.4 Å². The van der Waals surface area contributed by atoms with Crippen LogP contribution < -0.4 is 5.73 Å². The van der Waals surface area contributed by atoms with Crippen LogP contribution in [0.2, 0.25) is 0 Å². The van der Waals surface area contributed by atoms with Crippen molar-refractivity contribution in [2.45, 2.75) is 31.2 Å². The van der Waals surface area contributed by atoms with Gasteiger partial charge in [0.1, 0.15) is 0 Å². The molecule has 0 aliphatic carbocycles. The number of amides is 1. The lowest BCUT2D eigenvalue weighted by atomic mass is 10.1. The molecule has 0 aromatic heterocycles. The molecule has 6 nitrogen and oxygen atoms in total. The molecule has 0 saturated heterocycles. The summed E-state index contributed by atoms with van der Waals surface area (Å²) in [6.45, 7) is 3.95. The molecular weight excluding hydrogens is 290 g/mol. The smallest absolute Gasteiger partial charge is 0.254 e. The number of rotatable bonds is 5. The van der Waals surface area contributed by atoms with E-state index in [0.29, 0.717) is 0 Å². The number of nitrogen functional groups attached to an aromatic ring is 1. The van der Waals surface area contributed by atoms with Crippen molar-refractivity contribution in [3.8, 4) is 6.07 Å². The molecule has 1 amide bonds. The van der Waals surface area contributed by atoms with Gasteiger partial charge < -0.3 is 10.6 Å².